The van der Waals surface area contributed by atoms with Crippen molar-refractivity contribution in [1.29, 1.82) is 0 Å². The highest BCUT2D eigenvalue weighted by Crippen LogP contribution is 2.38. The third-order valence-corrected chi connectivity index (χ3v) is 4.49. The van der Waals surface area contributed by atoms with Crippen LogP contribution in [0.1, 0.15) is 10.4 Å². The molecule has 8 heteroatoms. The van der Waals surface area contributed by atoms with Gasteiger partial charge in [0, 0.05) is 6.07 Å². The topological polar surface area (TPSA) is 117 Å². The molecule has 29 heavy (non-hydrogen) atoms. The van der Waals surface area contributed by atoms with Crippen LogP contribution in [-0.2, 0) is 0 Å². The van der Waals surface area contributed by atoms with Crippen LogP contribution >= 0.6 is 0 Å². The minimum atomic E-state index is -1.44. The van der Waals surface area contributed by atoms with Gasteiger partial charge in [0.1, 0.15) is 5.75 Å². The van der Waals surface area contributed by atoms with E-state index in [0.717, 1.165) is 11.1 Å². The number of aromatic hydroxyl groups is 1. The average molecular weight is 392 g/mol. The monoisotopic (exact) mass is 392 g/mol. The molecule has 4 N–H and O–H groups in total. The van der Waals surface area contributed by atoms with Crippen LogP contribution in [0, 0.1) is 0 Å². The maximum absolute atomic E-state index is 12.6. The minimum absolute atomic E-state index is 0.0387. The van der Waals surface area contributed by atoms with E-state index in [4.69, 9.17) is 9.84 Å². The van der Waals surface area contributed by atoms with Crippen LogP contribution in [0.3, 0.4) is 0 Å². The molecule has 0 radical (unpaired) electrons. The lowest BCUT2D eigenvalue weighted by Crippen LogP contribution is -2.11. The fourth-order valence-corrected chi connectivity index (χ4v) is 3.12. The van der Waals surface area contributed by atoms with E-state index in [-0.39, 0.29) is 17.4 Å². The van der Waals surface area contributed by atoms with Crippen molar-refractivity contribution in [1.82, 2.24) is 0 Å². The number of methoxy groups -OCH3 is 1. The van der Waals surface area contributed by atoms with Gasteiger partial charge in [-0.3, -0.25) is 4.79 Å². The van der Waals surface area contributed by atoms with Crippen LogP contribution < -0.4 is 20.1 Å². The number of ether oxygens (including phenoxy) is 2. The highest BCUT2D eigenvalue weighted by Gasteiger charge is 2.20. The molecule has 0 aliphatic carbocycles. The van der Waals surface area contributed by atoms with Gasteiger partial charge in [-0.05, 0) is 47.5 Å². The lowest BCUT2D eigenvalue weighted by Gasteiger charge is -2.12. The van der Waals surface area contributed by atoms with Gasteiger partial charge < -0.3 is 30.3 Å². The Morgan fingerprint density at radius 1 is 0.897 bits per heavy atom. The molecular weight excluding hydrogens is 376 g/mol. The molecule has 3 aromatic rings. The molecule has 0 fully saturated rings. The Labute approximate surface area is 165 Å². The Bertz CT molecular complexity index is 1140. The molecule has 0 aromatic heterocycles. The first-order valence-corrected chi connectivity index (χ1v) is 8.59. The number of amides is 1. The number of hydrogen-bond acceptors (Lipinski definition) is 6. The fourth-order valence-electron chi connectivity index (χ4n) is 3.12. The normalized spacial score (nSPS) is 12.0. The standard InChI is InChI=1S/C21H16N2O6/c1-28-19-9-12(3-7-18(19)24)11-2-5-14-16(8-11)22-15-6-4-13(29-21(26)27)10-17(15)23-20(14)25/h2-10,22,24H,1H3,(H,23,25)(H,26,27). The average Bonchev–Trinajstić information content (AvgIpc) is 2.83. The van der Waals surface area contributed by atoms with Gasteiger partial charge in [0.2, 0.25) is 0 Å². The molecule has 8 nitrogen and oxygen atoms in total. The summed E-state index contributed by atoms with van der Waals surface area (Å²) in [4.78, 5) is 23.4. The quantitative estimate of drug-likeness (QED) is 0.385. The molecule has 0 saturated heterocycles. The Morgan fingerprint density at radius 2 is 1.66 bits per heavy atom. The fraction of sp³-hybridized carbons (Fsp3) is 0.0476. The van der Waals surface area contributed by atoms with E-state index in [1.54, 1.807) is 36.4 Å². The Balaban J connectivity index is 1.73. The third-order valence-electron chi connectivity index (χ3n) is 4.49. The van der Waals surface area contributed by atoms with E-state index in [1.165, 1.54) is 19.2 Å². The van der Waals surface area contributed by atoms with Gasteiger partial charge in [-0.15, -0.1) is 0 Å². The maximum Gasteiger partial charge on any atom is 0.511 e. The number of benzene rings is 3. The number of carbonyl (C=O) groups is 2. The summed E-state index contributed by atoms with van der Waals surface area (Å²) in [5.74, 6) is 0.144. The summed E-state index contributed by atoms with van der Waals surface area (Å²) in [6, 6.07) is 14.8. The van der Waals surface area contributed by atoms with Crippen LogP contribution in [0.25, 0.3) is 11.1 Å². The number of phenolic OH excluding ortho intramolecular Hbond substituents is 1. The van der Waals surface area contributed by atoms with Crippen molar-refractivity contribution in [2.24, 2.45) is 0 Å². The molecule has 0 spiro atoms. The summed E-state index contributed by atoms with van der Waals surface area (Å²) in [5.41, 5.74) is 3.62. The smallest absolute Gasteiger partial charge is 0.504 e. The van der Waals surface area contributed by atoms with Gasteiger partial charge in [-0.1, -0.05) is 12.1 Å². The van der Waals surface area contributed by atoms with Crippen molar-refractivity contribution in [3.8, 4) is 28.4 Å². The number of phenols is 1. The number of anilines is 3. The number of carboxylic acid groups (broad SMARTS) is 1. The molecule has 1 heterocycles. The van der Waals surface area contributed by atoms with Crippen molar-refractivity contribution >= 4 is 29.1 Å². The van der Waals surface area contributed by atoms with Crippen molar-refractivity contribution in [2.45, 2.75) is 0 Å². The molecule has 1 amide bonds. The number of carbonyl (C=O) groups excluding carboxylic acids is 1. The molecule has 0 saturated carbocycles. The van der Waals surface area contributed by atoms with Crippen molar-refractivity contribution < 1.29 is 29.3 Å². The number of rotatable bonds is 3. The Morgan fingerprint density at radius 3 is 2.41 bits per heavy atom. The zero-order chi connectivity index (χ0) is 20.5. The zero-order valence-corrected chi connectivity index (χ0v) is 15.2. The first-order valence-electron chi connectivity index (χ1n) is 8.59. The van der Waals surface area contributed by atoms with Crippen LogP contribution in [-0.4, -0.2) is 29.4 Å². The second kappa shape index (κ2) is 7.08. The van der Waals surface area contributed by atoms with Crippen LogP contribution in [0.15, 0.2) is 54.6 Å². The zero-order valence-electron chi connectivity index (χ0n) is 15.2. The van der Waals surface area contributed by atoms with Gasteiger partial charge in [0.05, 0.1) is 29.7 Å². The molecule has 0 bridgehead atoms. The molecule has 3 aromatic carbocycles. The summed E-state index contributed by atoms with van der Waals surface area (Å²) in [6.07, 6.45) is -1.44. The largest absolute Gasteiger partial charge is 0.511 e. The predicted molar refractivity (Wildman–Crippen MR) is 106 cm³/mol. The lowest BCUT2D eigenvalue weighted by molar-refractivity contribution is 0.102. The predicted octanol–water partition coefficient (Wildman–Crippen LogP) is 4.43. The van der Waals surface area contributed by atoms with E-state index >= 15 is 0 Å². The first kappa shape index (κ1) is 18.2. The lowest BCUT2D eigenvalue weighted by atomic mass is 10.0. The van der Waals surface area contributed by atoms with E-state index < -0.39 is 6.16 Å². The second-order valence-electron chi connectivity index (χ2n) is 6.30. The first-order chi connectivity index (χ1) is 13.9. The summed E-state index contributed by atoms with van der Waals surface area (Å²) >= 11 is 0. The van der Waals surface area contributed by atoms with Crippen LogP contribution in [0.5, 0.6) is 17.2 Å². The summed E-state index contributed by atoms with van der Waals surface area (Å²) in [6.45, 7) is 0. The van der Waals surface area contributed by atoms with Gasteiger partial charge in [0.25, 0.3) is 5.91 Å². The van der Waals surface area contributed by atoms with E-state index in [2.05, 4.69) is 15.4 Å². The van der Waals surface area contributed by atoms with Gasteiger partial charge in [-0.25, -0.2) is 4.79 Å². The van der Waals surface area contributed by atoms with Gasteiger partial charge >= 0.3 is 6.16 Å². The number of fused-ring (bicyclic) bond motifs is 2. The highest BCUT2D eigenvalue weighted by molar-refractivity contribution is 6.12. The Kier molecular flexibility index (Phi) is 4.44. The van der Waals surface area contributed by atoms with E-state index in [9.17, 15) is 14.7 Å². The Hall–Kier alpha value is -4.20. The SMILES string of the molecule is COc1cc(-c2ccc3c(c2)Nc2ccc(OC(=O)O)cc2NC3=O)ccc1O. The molecule has 0 atom stereocenters. The van der Waals surface area contributed by atoms with Crippen molar-refractivity contribution in [2.75, 3.05) is 17.7 Å². The van der Waals surface area contributed by atoms with E-state index in [1.807, 2.05) is 6.07 Å². The molecule has 4 rings (SSSR count). The summed E-state index contributed by atoms with van der Waals surface area (Å²) in [5, 5.41) is 24.5. The van der Waals surface area contributed by atoms with Gasteiger partial charge in [-0.2, -0.15) is 0 Å². The van der Waals surface area contributed by atoms with Crippen LogP contribution in [0.4, 0.5) is 21.9 Å². The number of hydrogen-bond donors (Lipinski definition) is 4. The molecule has 1 aliphatic rings. The van der Waals surface area contributed by atoms with Crippen molar-refractivity contribution in [3.05, 3.63) is 60.2 Å². The van der Waals surface area contributed by atoms with Crippen LogP contribution in [0.2, 0.25) is 0 Å². The number of nitrogens with one attached hydrogen (secondary N) is 2. The summed E-state index contributed by atoms with van der Waals surface area (Å²) in [7, 11) is 1.47. The molecule has 0 unspecified atom stereocenters. The maximum atomic E-state index is 12.6. The van der Waals surface area contributed by atoms with Crippen molar-refractivity contribution in [3.63, 3.8) is 0 Å². The minimum Gasteiger partial charge on any atom is -0.504 e. The highest BCUT2D eigenvalue weighted by atomic mass is 16.7. The molecule has 1 aliphatic heterocycles. The third kappa shape index (κ3) is 3.51. The van der Waals surface area contributed by atoms with Gasteiger partial charge in [0.15, 0.2) is 11.5 Å². The second-order valence-corrected chi connectivity index (χ2v) is 6.30. The van der Waals surface area contributed by atoms with E-state index in [0.29, 0.717) is 28.4 Å². The summed E-state index contributed by atoms with van der Waals surface area (Å²) < 4.78 is 9.81. The molecular formula is C21H16N2O6. The molecule has 146 valence electrons.